The molecule has 0 rings (SSSR count). The van der Waals surface area contributed by atoms with Crippen molar-refractivity contribution in [3.8, 4) is 0 Å². The normalized spacial score (nSPS) is 12.7. The third-order valence-electron chi connectivity index (χ3n) is 12.3. The molecule has 0 saturated carbocycles. The third-order valence-corrected chi connectivity index (χ3v) is 12.3. The van der Waals surface area contributed by atoms with Crippen molar-refractivity contribution in [1.82, 2.24) is 0 Å². The van der Waals surface area contributed by atoms with Crippen LogP contribution in [-0.4, -0.2) is 37.2 Å². The van der Waals surface area contributed by atoms with E-state index in [1.807, 2.05) is 0 Å². The van der Waals surface area contributed by atoms with Crippen molar-refractivity contribution < 1.29 is 28.6 Å². The molecule has 6 heteroatoms. The van der Waals surface area contributed by atoms with Crippen molar-refractivity contribution >= 4 is 17.9 Å². The number of hydrogen-bond donors (Lipinski definition) is 0. The van der Waals surface area contributed by atoms with E-state index in [1.54, 1.807) is 0 Å². The average Bonchev–Trinajstić information content (AvgIpc) is 3.35. The largest absolute Gasteiger partial charge is 0.462 e. The summed E-state index contributed by atoms with van der Waals surface area (Å²) >= 11 is 0. The Labute approximate surface area is 426 Å². The molecule has 69 heavy (non-hydrogen) atoms. The lowest BCUT2D eigenvalue weighted by Crippen LogP contribution is -2.30. The molecular formula is C63H108O6. The molecule has 0 spiro atoms. The molecule has 0 aromatic heterocycles. The predicted octanol–water partition coefficient (Wildman–Crippen LogP) is 19.5. The van der Waals surface area contributed by atoms with Gasteiger partial charge in [-0.2, -0.15) is 0 Å². The number of unbranched alkanes of at least 4 members (excludes halogenated alkanes) is 27. The number of carbonyl (C=O) groups is 3. The summed E-state index contributed by atoms with van der Waals surface area (Å²) in [5.41, 5.74) is 0. The smallest absolute Gasteiger partial charge is 0.306 e. The van der Waals surface area contributed by atoms with E-state index >= 15 is 0 Å². The molecule has 0 N–H and O–H groups in total. The summed E-state index contributed by atoms with van der Waals surface area (Å²) in [6.45, 7) is 6.54. The van der Waals surface area contributed by atoms with Crippen LogP contribution in [0.1, 0.15) is 278 Å². The van der Waals surface area contributed by atoms with Crippen molar-refractivity contribution in [1.29, 1.82) is 0 Å². The fraction of sp³-hybridized carbons (Fsp3) is 0.730. The van der Waals surface area contributed by atoms with Crippen LogP contribution in [0.5, 0.6) is 0 Å². The van der Waals surface area contributed by atoms with Gasteiger partial charge in [0.2, 0.25) is 0 Å². The fourth-order valence-electron chi connectivity index (χ4n) is 7.93. The molecule has 0 unspecified atom stereocenters. The summed E-state index contributed by atoms with van der Waals surface area (Å²) in [6.07, 6.45) is 74.3. The lowest BCUT2D eigenvalue weighted by atomic mass is 10.1. The van der Waals surface area contributed by atoms with Gasteiger partial charge in [-0.25, -0.2) is 0 Å². The minimum atomic E-state index is -0.806. The molecule has 0 aliphatic heterocycles. The van der Waals surface area contributed by atoms with E-state index in [2.05, 4.69) is 106 Å². The van der Waals surface area contributed by atoms with E-state index in [0.29, 0.717) is 19.3 Å². The van der Waals surface area contributed by atoms with Gasteiger partial charge >= 0.3 is 17.9 Å². The second-order valence-electron chi connectivity index (χ2n) is 19.2. The highest BCUT2D eigenvalue weighted by atomic mass is 16.6. The summed E-state index contributed by atoms with van der Waals surface area (Å²) in [5, 5.41) is 0. The molecule has 396 valence electrons. The molecule has 0 fully saturated rings. The summed E-state index contributed by atoms with van der Waals surface area (Å²) in [7, 11) is 0. The molecule has 0 aromatic carbocycles. The van der Waals surface area contributed by atoms with Gasteiger partial charge in [-0.15, -0.1) is 0 Å². The highest BCUT2D eigenvalue weighted by molar-refractivity contribution is 5.71. The number of ether oxygens (including phenoxy) is 3. The second-order valence-corrected chi connectivity index (χ2v) is 19.2. The van der Waals surface area contributed by atoms with E-state index < -0.39 is 6.10 Å². The topological polar surface area (TPSA) is 78.9 Å². The molecule has 0 aromatic rings. The molecule has 0 bridgehead atoms. The molecule has 1 atom stereocenters. The van der Waals surface area contributed by atoms with Crippen LogP contribution in [0.2, 0.25) is 0 Å². The number of hydrogen-bond acceptors (Lipinski definition) is 6. The van der Waals surface area contributed by atoms with Crippen LogP contribution < -0.4 is 0 Å². The Morgan fingerprint density at radius 1 is 0.290 bits per heavy atom. The van der Waals surface area contributed by atoms with E-state index in [-0.39, 0.29) is 37.5 Å². The van der Waals surface area contributed by atoms with Gasteiger partial charge in [0.05, 0.1) is 0 Å². The summed E-state index contributed by atoms with van der Waals surface area (Å²) in [5.74, 6) is -0.967. The Morgan fingerprint density at radius 2 is 0.536 bits per heavy atom. The molecule has 0 aliphatic carbocycles. The summed E-state index contributed by atoms with van der Waals surface area (Å²) in [4.78, 5) is 38.1. The standard InChI is InChI=1S/C63H108O6/c1-4-7-10-13-16-19-22-25-28-30-31-33-36-39-42-45-48-51-54-57-63(66)69-60(58-67-61(64)55-52-49-46-43-40-37-34-27-24-21-18-15-12-9-6-3)59-68-62(65)56-53-50-47-44-41-38-35-32-29-26-23-20-17-14-11-8-5-2/h16,18-19,21,25-29,34-35,38,44,47,60H,4-15,17,20,22-24,30-33,36-37,39-43,45-46,48-59H2,1-3H3/b19-16-,21-18-,28-25-,29-26-,34-27-,38-35-,47-44-/t60-/m1/s1. The van der Waals surface area contributed by atoms with Crippen molar-refractivity contribution in [2.24, 2.45) is 0 Å². The quantitative estimate of drug-likeness (QED) is 0.0262. The van der Waals surface area contributed by atoms with Crippen molar-refractivity contribution in [3.63, 3.8) is 0 Å². The van der Waals surface area contributed by atoms with E-state index in [1.165, 1.54) is 141 Å². The lowest BCUT2D eigenvalue weighted by Gasteiger charge is -2.18. The van der Waals surface area contributed by atoms with Gasteiger partial charge in [0.1, 0.15) is 13.2 Å². The molecular weight excluding hydrogens is 853 g/mol. The zero-order valence-electron chi connectivity index (χ0n) is 45.3. The molecule has 6 nitrogen and oxygen atoms in total. The van der Waals surface area contributed by atoms with Gasteiger partial charge in [-0.1, -0.05) is 228 Å². The van der Waals surface area contributed by atoms with Gasteiger partial charge in [0.15, 0.2) is 6.10 Å². The first-order valence-corrected chi connectivity index (χ1v) is 29.1. The van der Waals surface area contributed by atoms with Gasteiger partial charge in [0, 0.05) is 19.3 Å². The third kappa shape index (κ3) is 55.4. The summed E-state index contributed by atoms with van der Waals surface area (Å²) in [6, 6.07) is 0. The minimum absolute atomic E-state index is 0.101. The first kappa shape index (κ1) is 65.6. The van der Waals surface area contributed by atoms with Crippen LogP contribution in [0.15, 0.2) is 85.1 Å². The average molecular weight is 962 g/mol. The van der Waals surface area contributed by atoms with E-state index in [0.717, 1.165) is 89.9 Å². The van der Waals surface area contributed by atoms with Crippen LogP contribution in [0.4, 0.5) is 0 Å². The van der Waals surface area contributed by atoms with Gasteiger partial charge < -0.3 is 14.2 Å². The SMILES string of the molecule is CCCCC/C=C\C/C=C\CCCCCCCCCCCC(=O)O[C@@H](COC(=O)CCC/C=C\C/C=C\C/C=C\CCCCCCCC)COC(=O)CCCCCCC/C=C\C/C=C\CCCCC. The van der Waals surface area contributed by atoms with Gasteiger partial charge in [-0.05, 0) is 116 Å². The zero-order chi connectivity index (χ0) is 50.0. The molecule has 0 aliphatic rings. The maximum Gasteiger partial charge on any atom is 0.306 e. The van der Waals surface area contributed by atoms with Crippen LogP contribution in [-0.2, 0) is 28.6 Å². The lowest BCUT2D eigenvalue weighted by molar-refractivity contribution is -0.167. The van der Waals surface area contributed by atoms with Crippen LogP contribution in [0.25, 0.3) is 0 Å². The number of allylic oxidation sites excluding steroid dienone is 14. The van der Waals surface area contributed by atoms with Gasteiger partial charge in [0.25, 0.3) is 0 Å². The first-order valence-electron chi connectivity index (χ1n) is 29.1. The number of esters is 3. The van der Waals surface area contributed by atoms with Gasteiger partial charge in [-0.3, -0.25) is 14.4 Å². The predicted molar refractivity (Wildman–Crippen MR) is 297 cm³/mol. The zero-order valence-corrected chi connectivity index (χ0v) is 45.3. The Bertz CT molecular complexity index is 1330. The van der Waals surface area contributed by atoms with Crippen LogP contribution >= 0.6 is 0 Å². The minimum Gasteiger partial charge on any atom is -0.462 e. The fourth-order valence-corrected chi connectivity index (χ4v) is 7.93. The number of rotatable bonds is 52. The maximum absolute atomic E-state index is 12.9. The van der Waals surface area contributed by atoms with Crippen molar-refractivity contribution in [2.45, 2.75) is 284 Å². The molecule has 0 heterocycles. The molecule has 0 saturated heterocycles. The molecule has 0 radical (unpaired) electrons. The van der Waals surface area contributed by atoms with E-state index in [9.17, 15) is 14.4 Å². The second kappa shape index (κ2) is 57.2. The highest BCUT2D eigenvalue weighted by Crippen LogP contribution is 2.14. The Hall–Kier alpha value is -3.41. The summed E-state index contributed by atoms with van der Waals surface area (Å²) < 4.78 is 16.8. The van der Waals surface area contributed by atoms with Crippen LogP contribution in [0.3, 0.4) is 0 Å². The Balaban J connectivity index is 4.48. The van der Waals surface area contributed by atoms with E-state index in [4.69, 9.17) is 14.2 Å². The monoisotopic (exact) mass is 961 g/mol. The van der Waals surface area contributed by atoms with Crippen molar-refractivity contribution in [3.05, 3.63) is 85.1 Å². The van der Waals surface area contributed by atoms with Crippen molar-refractivity contribution in [2.75, 3.05) is 13.2 Å². The highest BCUT2D eigenvalue weighted by Gasteiger charge is 2.19. The Morgan fingerprint density at radius 3 is 0.899 bits per heavy atom. The maximum atomic E-state index is 12.9. The van der Waals surface area contributed by atoms with Crippen LogP contribution in [0, 0.1) is 0 Å². The molecule has 0 amide bonds. The first-order chi connectivity index (χ1) is 34.0. The Kier molecular flexibility index (Phi) is 54.3. The number of carbonyl (C=O) groups excluding carboxylic acids is 3.